The van der Waals surface area contributed by atoms with Crippen molar-refractivity contribution in [3.8, 4) is 11.5 Å². The third kappa shape index (κ3) is 2.83. The Hall–Kier alpha value is -2.55. The molecule has 0 aliphatic carbocycles. The van der Waals surface area contributed by atoms with Gasteiger partial charge in [-0.15, -0.1) is 0 Å². The molecule has 0 aromatic heterocycles. The number of hydrogen-bond acceptors (Lipinski definition) is 3. The van der Waals surface area contributed by atoms with Crippen molar-refractivity contribution in [2.24, 2.45) is 0 Å². The minimum absolute atomic E-state index is 0.383. The molecule has 0 aliphatic rings. The molecule has 0 amide bonds. The third-order valence-electron chi connectivity index (χ3n) is 2.65. The number of para-hydroxylation sites is 1. The summed E-state index contributed by atoms with van der Waals surface area (Å²) in [7, 11) is 1.53. The molecule has 0 fully saturated rings. The van der Waals surface area contributed by atoms with Gasteiger partial charge in [0.25, 0.3) is 0 Å². The average molecular weight is 254 g/mol. The number of methoxy groups -OCH3 is 1. The second kappa shape index (κ2) is 5.87. The lowest BCUT2D eigenvalue weighted by atomic mass is 10.2. The predicted octanol–water partition coefficient (Wildman–Crippen LogP) is 3.56. The number of benzene rings is 2. The molecule has 0 spiro atoms. The van der Waals surface area contributed by atoms with E-state index in [9.17, 15) is 4.79 Å². The summed E-state index contributed by atoms with van der Waals surface area (Å²) in [4.78, 5) is 12.0. The molecule has 3 heteroatoms. The molecule has 0 atom stereocenters. The molecule has 2 rings (SSSR count). The van der Waals surface area contributed by atoms with E-state index in [1.54, 1.807) is 36.4 Å². The zero-order valence-corrected chi connectivity index (χ0v) is 10.6. The van der Waals surface area contributed by atoms with Crippen molar-refractivity contribution in [3.63, 3.8) is 0 Å². The minimum atomic E-state index is -0.423. The summed E-state index contributed by atoms with van der Waals surface area (Å²) in [5.41, 5.74) is 1.20. The molecule has 2 aromatic carbocycles. The molecule has 0 radical (unpaired) electrons. The molecule has 19 heavy (non-hydrogen) atoms. The zero-order chi connectivity index (χ0) is 13.7. The first-order valence-corrected chi connectivity index (χ1v) is 5.83. The normalized spacial score (nSPS) is 9.74. The van der Waals surface area contributed by atoms with Crippen molar-refractivity contribution in [2.75, 3.05) is 7.11 Å². The van der Waals surface area contributed by atoms with E-state index >= 15 is 0 Å². The zero-order valence-electron chi connectivity index (χ0n) is 10.6. The Morgan fingerprint density at radius 3 is 2.47 bits per heavy atom. The van der Waals surface area contributed by atoms with Gasteiger partial charge in [0.05, 0.1) is 12.7 Å². The maximum atomic E-state index is 12.0. The molecule has 96 valence electrons. The van der Waals surface area contributed by atoms with Gasteiger partial charge in [0.1, 0.15) is 0 Å². The molecule has 0 bridgehead atoms. The predicted molar refractivity (Wildman–Crippen MR) is 74.5 cm³/mol. The molecule has 0 N–H and O–H groups in total. The van der Waals surface area contributed by atoms with Crippen LogP contribution in [0.2, 0.25) is 0 Å². The maximum Gasteiger partial charge on any atom is 0.343 e. The highest BCUT2D eigenvalue weighted by Gasteiger charge is 2.14. The standard InChI is InChI=1S/C16H14O3/c1-3-12-10-7-11-14(18-2)15(12)19-16(17)13-8-5-4-6-9-13/h3-11H,1H2,2H3. The molecule has 0 saturated carbocycles. The molecular weight excluding hydrogens is 240 g/mol. The quantitative estimate of drug-likeness (QED) is 0.618. The summed E-state index contributed by atoms with van der Waals surface area (Å²) < 4.78 is 10.6. The molecule has 0 saturated heterocycles. The van der Waals surface area contributed by atoms with Gasteiger partial charge in [-0.05, 0) is 18.2 Å². The van der Waals surface area contributed by atoms with Crippen LogP contribution in [0.4, 0.5) is 0 Å². The van der Waals surface area contributed by atoms with Crippen molar-refractivity contribution < 1.29 is 14.3 Å². The van der Waals surface area contributed by atoms with Crippen molar-refractivity contribution >= 4 is 12.0 Å². The molecular formula is C16H14O3. The number of carbonyl (C=O) groups excluding carboxylic acids is 1. The van der Waals surface area contributed by atoms with Crippen LogP contribution < -0.4 is 9.47 Å². The fourth-order valence-electron chi connectivity index (χ4n) is 1.69. The largest absolute Gasteiger partial charge is 0.493 e. The Morgan fingerprint density at radius 2 is 1.84 bits per heavy atom. The number of esters is 1. The Bertz CT molecular complexity index is 588. The molecule has 2 aromatic rings. The molecule has 0 heterocycles. The van der Waals surface area contributed by atoms with Crippen LogP contribution in [0, 0.1) is 0 Å². The van der Waals surface area contributed by atoms with Crippen LogP contribution in [0.1, 0.15) is 15.9 Å². The molecule has 3 nitrogen and oxygen atoms in total. The van der Waals surface area contributed by atoms with Crippen LogP contribution >= 0.6 is 0 Å². The Morgan fingerprint density at radius 1 is 1.11 bits per heavy atom. The van der Waals surface area contributed by atoms with Gasteiger partial charge in [-0.2, -0.15) is 0 Å². The topological polar surface area (TPSA) is 35.5 Å². The second-order valence-corrected chi connectivity index (χ2v) is 3.84. The maximum absolute atomic E-state index is 12.0. The lowest BCUT2D eigenvalue weighted by molar-refractivity contribution is 0.0729. The minimum Gasteiger partial charge on any atom is -0.493 e. The van der Waals surface area contributed by atoms with Gasteiger partial charge in [-0.3, -0.25) is 0 Å². The van der Waals surface area contributed by atoms with Crippen molar-refractivity contribution in [1.29, 1.82) is 0 Å². The van der Waals surface area contributed by atoms with E-state index in [1.807, 2.05) is 18.2 Å². The summed E-state index contributed by atoms with van der Waals surface area (Å²) in [5, 5.41) is 0. The third-order valence-corrected chi connectivity index (χ3v) is 2.65. The van der Waals surface area contributed by atoms with Crippen LogP contribution in [0.15, 0.2) is 55.1 Å². The van der Waals surface area contributed by atoms with Gasteiger partial charge in [0, 0.05) is 5.56 Å². The lowest BCUT2D eigenvalue weighted by Crippen LogP contribution is -2.09. The van der Waals surface area contributed by atoms with Gasteiger partial charge >= 0.3 is 5.97 Å². The van der Waals surface area contributed by atoms with Gasteiger partial charge in [-0.1, -0.05) is 43.0 Å². The van der Waals surface area contributed by atoms with Gasteiger partial charge in [-0.25, -0.2) is 4.79 Å². The second-order valence-electron chi connectivity index (χ2n) is 3.84. The van der Waals surface area contributed by atoms with Crippen molar-refractivity contribution in [1.82, 2.24) is 0 Å². The summed E-state index contributed by atoms with van der Waals surface area (Å²) in [5.74, 6) is 0.462. The average Bonchev–Trinajstić information content (AvgIpc) is 2.48. The first-order valence-electron chi connectivity index (χ1n) is 5.83. The van der Waals surface area contributed by atoms with E-state index in [0.717, 1.165) is 0 Å². The SMILES string of the molecule is C=Cc1cccc(OC)c1OC(=O)c1ccccc1. The summed E-state index contributed by atoms with van der Waals surface area (Å²) >= 11 is 0. The number of rotatable bonds is 4. The Kier molecular flexibility index (Phi) is 3.98. The van der Waals surface area contributed by atoms with Crippen LogP contribution in [0.25, 0.3) is 6.08 Å². The number of ether oxygens (including phenoxy) is 2. The van der Waals surface area contributed by atoms with Crippen molar-refractivity contribution in [2.45, 2.75) is 0 Å². The summed E-state index contributed by atoms with van der Waals surface area (Å²) in [6.07, 6.45) is 1.62. The first kappa shape index (κ1) is 12.9. The van der Waals surface area contributed by atoms with E-state index in [4.69, 9.17) is 9.47 Å². The van der Waals surface area contributed by atoms with Crippen LogP contribution in [-0.4, -0.2) is 13.1 Å². The van der Waals surface area contributed by atoms with E-state index in [0.29, 0.717) is 22.6 Å². The van der Waals surface area contributed by atoms with Crippen molar-refractivity contribution in [3.05, 3.63) is 66.2 Å². The van der Waals surface area contributed by atoms with E-state index in [2.05, 4.69) is 6.58 Å². The smallest absolute Gasteiger partial charge is 0.343 e. The first-order chi connectivity index (χ1) is 9.26. The Labute approximate surface area is 112 Å². The van der Waals surface area contributed by atoms with E-state index < -0.39 is 5.97 Å². The number of hydrogen-bond donors (Lipinski definition) is 0. The fraction of sp³-hybridized carbons (Fsp3) is 0.0625. The van der Waals surface area contributed by atoms with Gasteiger partial charge in [0.2, 0.25) is 0 Å². The summed E-state index contributed by atoms with van der Waals surface area (Å²) in [6.45, 7) is 3.70. The number of carbonyl (C=O) groups is 1. The van der Waals surface area contributed by atoms with E-state index in [-0.39, 0.29) is 0 Å². The van der Waals surface area contributed by atoms with E-state index in [1.165, 1.54) is 7.11 Å². The van der Waals surface area contributed by atoms with Gasteiger partial charge in [0.15, 0.2) is 11.5 Å². The van der Waals surface area contributed by atoms with Crippen LogP contribution in [0.5, 0.6) is 11.5 Å². The fourth-order valence-corrected chi connectivity index (χ4v) is 1.69. The monoisotopic (exact) mass is 254 g/mol. The molecule has 0 unspecified atom stereocenters. The Balaban J connectivity index is 2.33. The lowest BCUT2D eigenvalue weighted by Gasteiger charge is -2.11. The highest BCUT2D eigenvalue weighted by atomic mass is 16.6. The van der Waals surface area contributed by atoms with Crippen LogP contribution in [0.3, 0.4) is 0 Å². The van der Waals surface area contributed by atoms with Crippen LogP contribution in [-0.2, 0) is 0 Å². The molecule has 0 aliphatic heterocycles. The highest BCUT2D eigenvalue weighted by Crippen LogP contribution is 2.32. The summed E-state index contributed by atoms with van der Waals surface area (Å²) in [6, 6.07) is 14.2. The van der Waals surface area contributed by atoms with Gasteiger partial charge < -0.3 is 9.47 Å². The highest BCUT2D eigenvalue weighted by molar-refractivity contribution is 5.91.